The molecule has 0 spiro atoms. The fraction of sp³-hybridized carbons (Fsp3) is 0.667. The van der Waals surface area contributed by atoms with E-state index >= 15 is 0 Å². The van der Waals surface area contributed by atoms with Crippen molar-refractivity contribution in [2.45, 2.75) is 38.6 Å². The Balaban J connectivity index is 2.37. The lowest BCUT2D eigenvalue weighted by Crippen LogP contribution is -2.47. The average Bonchev–Trinajstić information content (AvgIpc) is 2.28. The van der Waals surface area contributed by atoms with Gasteiger partial charge < -0.3 is 10.6 Å². The van der Waals surface area contributed by atoms with Gasteiger partial charge in [-0.25, -0.2) is 0 Å². The van der Waals surface area contributed by atoms with E-state index in [1.54, 1.807) is 6.08 Å². The van der Waals surface area contributed by atoms with E-state index in [-0.39, 0.29) is 6.04 Å². The van der Waals surface area contributed by atoms with Crippen molar-refractivity contribution < 1.29 is 9.59 Å². The number of rotatable bonds is 3. The van der Waals surface area contributed by atoms with Gasteiger partial charge in [0, 0.05) is 12.6 Å². The molecule has 1 saturated carbocycles. The molecule has 2 N–H and O–H groups in total. The molecular formula is C12H20N2O2. The first-order chi connectivity index (χ1) is 7.65. The molecule has 4 nitrogen and oxygen atoms in total. The molecule has 0 aromatic heterocycles. The minimum absolute atomic E-state index is 0.149. The summed E-state index contributed by atoms with van der Waals surface area (Å²) in [5.41, 5.74) is 0. The molecule has 4 heteroatoms. The highest BCUT2D eigenvalue weighted by molar-refractivity contribution is 6.35. The molecule has 1 rings (SSSR count). The zero-order valence-electron chi connectivity index (χ0n) is 9.79. The quantitative estimate of drug-likeness (QED) is 0.554. The molecule has 2 atom stereocenters. The first kappa shape index (κ1) is 12.7. The van der Waals surface area contributed by atoms with Gasteiger partial charge in [0.1, 0.15) is 0 Å². The molecule has 1 aliphatic carbocycles. The van der Waals surface area contributed by atoms with Gasteiger partial charge in [-0.1, -0.05) is 25.8 Å². The van der Waals surface area contributed by atoms with E-state index in [1.165, 1.54) is 6.42 Å². The van der Waals surface area contributed by atoms with Crippen LogP contribution in [-0.4, -0.2) is 24.4 Å². The Morgan fingerprint density at radius 3 is 2.62 bits per heavy atom. The predicted molar refractivity (Wildman–Crippen MR) is 62.8 cm³/mol. The van der Waals surface area contributed by atoms with Crippen molar-refractivity contribution in [1.82, 2.24) is 10.6 Å². The van der Waals surface area contributed by atoms with Gasteiger partial charge in [0.2, 0.25) is 0 Å². The van der Waals surface area contributed by atoms with Gasteiger partial charge in [0.25, 0.3) is 0 Å². The molecule has 0 aromatic rings. The highest BCUT2D eigenvalue weighted by atomic mass is 16.2. The largest absolute Gasteiger partial charge is 0.345 e. The van der Waals surface area contributed by atoms with Crippen LogP contribution in [0.3, 0.4) is 0 Å². The van der Waals surface area contributed by atoms with Crippen LogP contribution in [0.15, 0.2) is 12.7 Å². The second kappa shape index (κ2) is 6.30. The Morgan fingerprint density at radius 2 is 2.00 bits per heavy atom. The van der Waals surface area contributed by atoms with Crippen molar-refractivity contribution in [2.75, 3.05) is 6.54 Å². The summed E-state index contributed by atoms with van der Waals surface area (Å²) in [6, 6.07) is 0.149. The summed E-state index contributed by atoms with van der Waals surface area (Å²) in [6.07, 6.45) is 6.00. The zero-order valence-corrected chi connectivity index (χ0v) is 9.79. The molecule has 16 heavy (non-hydrogen) atoms. The van der Waals surface area contributed by atoms with Crippen molar-refractivity contribution in [3.63, 3.8) is 0 Å². The SMILES string of the molecule is C=CCNC(=O)C(=O)N[C@@H]1CCCC[C@@H]1C. The van der Waals surface area contributed by atoms with Crippen molar-refractivity contribution in [2.24, 2.45) is 5.92 Å². The highest BCUT2D eigenvalue weighted by Gasteiger charge is 2.24. The second-order valence-electron chi connectivity index (χ2n) is 4.34. The molecule has 1 aliphatic rings. The third kappa shape index (κ3) is 3.68. The fourth-order valence-electron chi connectivity index (χ4n) is 2.01. The van der Waals surface area contributed by atoms with Crippen LogP contribution in [0.5, 0.6) is 0 Å². The van der Waals surface area contributed by atoms with E-state index in [0.29, 0.717) is 12.5 Å². The van der Waals surface area contributed by atoms with Crippen LogP contribution in [0.25, 0.3) is 0 Å². The maximum Gasteiger partial charge on any atom is 0.309 e. The Morgan fingerprint density at radius 1 is 1.31 bits per heavy atom. The highest BCUT2D eigenvalue weighted by Crippen LogP contribution is 2.23. The molecule has 0 radical (unpaired) electrons. The summed E-state index contributed by atoms with van der Waals surface area (Å²) in [7, 11) is 0. The van der Waals surface area contributed by atoms with Crippen LogP contribution in [0.2, 0.25) is 0 Å². The number of amides is 2. The van der Waals surface area contributed by atoms with Crippen molar-refractivity contribution in [3.8, 4) is 0 Å². The standard InChI is InChI=1S/C12H20N2O2/c1-3-8-13-11(15)12(16)14-10-7-5-4-6-9(10)2/h3,9-10H,1,4-8H2,2H3,(H,13,15)(H,14,16)/t9-,10+/m0/s1. The molecule has 0 bridgehead atoms. The maximum absolute atomic E-state index is 11.5. The van der Waals surface area contributed by atoms with Crippen molar-refractivity contribution in [3.05, 3.63) is 12.7 Å². The monoisotopic (exact) mass is 224 g/mol. The van der Waals surface area contributed by atoms with Crippen LogP contribution >= 0.6 is 0 Å². The first-order valence-corrected chi connectivity index (χ1v) is 5.84. The van der Waals surface area contributed by atoms with E-state index in [0.717, 1.165) is 19.3 Å². The summed E-state index contributed by atoms with van der Waals surface area (Å²) in [4.78, 5) is 22.8. The molecule has 0 unspecified atom stereocenters. The summed E-state index contributed by atoms with van der Waals surface area (Å²) >= 11 is 0. The zero-order chi connectivity index (χ0) is 12.0. The molecule has 0 saturated heterocycles. The van der Waals surface area contributed by atoms with E-state index in [1.807, 2.05) is 0 Å². The number of hydrogen-bond donors (Lipinski definition) is 2. The van der Waals surface area contributed by atoms with Gasteiger partial charge >= 0.3 is 11.8 Å². The Kier molecular flexibility index (Phi) is 5.02. The molecule has 90 valence electrons. The Labute approximate surface area is 96.5 Å². The second-order valence-corrected chi connectivity index (χ2v) is 4.34. The van der Waals surface area contributed by atoms with E-state index < -0.39 is 11.8 Å². The number of carbonyl (C=O) groups excluding carboxylic acids is 2. The Bertz CT molecular complexity index is 276. The number of hydrogen-bond acceptors (Lipinski definition) is 2. The van der Waals surface area contributed by atoms with E-state index in [2.05, 4.69) is 24.1 Å². The number of carbonyl (C=O) groups is 2. The van der Waals surface area contributed by atoms with Crippen LogP contribution < -0.4 is 10.6 Å². The lowest BCUT2D eigenvalue weighted by molar-refractivity contribution is -0.139. The van der Waals surface area contributed by atoms with Crippen LogP contribution in [-0.2, 0) is 9.59 Å². The number of nitrogens with one attached hydrogen (secondary N) is 2. The topological polar surface area (TPSA) is 58.2 Å². The summed E-state index contributed by atoms with van der Waals surface area (Å²) in [5, 5.41) is 5.26. The molecule has 0 aliphatic heterocycles. The van der Waals surface area contributed by atoms with Gasteiger partial charge in [0.05, 0.1) is 0 Å². The van der Waals surface area contributed by atoms with Crippen molar-refractivity contribution >= 4 is 11.8 Å². The summed E-state index contributed by atoms with van der Waals surface area (Å²) < 4.78 is 0. The summed E-state index contributed by atoms with van der Waals surface area (Å²) in [5.74, 6) is -0.636. The lowest BCUT2D eigenvalue weighted by Gasteiger charge is -2.29. The van der Waals surface area contributed by atoms with Crippen LogP contribution in [0.4, 0.5) is 0 Å². The minimum atomic E-state index is -0.572. The van der Waals surface area contributed by atoms with Crippen molar-refractivity contribution in [1.29, 1.82) is 0 Å². The van der Waals surface area contributed by atoms with Crippen LogP contribution in [0.1, 0.15) is 32.6 Å². The maximum atomic E-state index is 11.5. The lowest BCUT2D eigenvalue weighted by atomic mass is 9.86. The van der Waals surface area contributed by atoms with Gasteiger partial charge in [0.15, 0.2) is 0 Å². The average molecular weight is 224 g/mol. The van der Waals surface area contributed by atoms with Gasteiger partial charge in [-0.3, -0.25) is 9.59 Å². The molecule has 1 fully saturated rings. The van der Waals surface area contributed by atoms with E-state index in [4.69, 9.17) is 0 Å². The van der Waals surface area contributed by atoms with Gasteiger partial charge in [-0.05, 0) is 18.8 Å². The molecule has 2 amide bonds. The molecule has 0 heterocycles. The normalized spacial score (nSPS) is 24.6. The first-order valence-electron chi connectivity index (χ1n) is 5.84. The third-order valence-corrected chi connectivity index (χ3v) is 3.04. The third-order valence-electron chi connectivity index (χ3n) is 3.04. The smallest absolute Gasteiger partial charge is 0.309 e. The van der Waals surface area contributed by atoms with Gasteiger partial charge in [-0.2, -0.15) is 0 Å². The predicted octanol–water partition coefficient (Wildman–Crippen LogP) is 0.983. The summed E-state index contributed by atoms with van der Waals surface area (Å²) in [6.45, 7) is 5.92. The Hall–Kier alpha value is -1.32. The molecule has 0 aromatic carbocycles. The minimum Gasteiger partial charge on any atom is -0.345 e. The van der Waals surface area contributed by atoms with Gasteiger partial charge in [-0.15, -0.1) is 6.58 Å². The van der Waals surface area contributed by atoms with Crippen LogP contribution in [0, 0.1) is 5.92 Å². The van der Waals surface area contributed by atoms with E-state index in [9.17, 15) is 9.59 Å². The molecular weight excluding hydrogens is 204 g/mol. The fourth-order valence-corrected chi connectivity index (χ4v) is 2.01.